The smallest absolute Gasteiger partial charge is 0.337 e. The first kappa shape index (κ1) is 13.2. The highest BCUT2D eigenvalue weighted by Crippen LogP contribution is 2.17. The second-order valence-electron chi connectivity index (χ2n) is 3.39. The fraction of sp³-hybridized carbons (Fsp3) is 0.417. The van der Waals surface area contributed by atoms with Crippen LogP contribution in [0.5, 0.6) is 0 Å². The van der Waals surface area contributed by atoms with Gasteiger partial charge in [-0.3, -0.25) is 0 Å². The molecule has 0 aliphatic rings. The van der Waals surface area contributed by atoms with Gasteiger partial charge in [-0.1, -0.05) is 22.9 Å². The summed E-state index contributed by atoms with van der Waals surface area (Å²) < 4.78 is 10.9. The van der Waals surface area contributed by atoms with Crippen LogP contribution in [-0.4, -0.2) is 19.7 Å². The summed E-state index contributed by atoms with van der Waals surface area (Å²) in [6.45, 7) is 3.29. The lowest BCUT2D eigenvalue weighted by Gasteiger charge is -2.06. The molecule has 0 fully saturated rings. The largest absolute Gasteiger partial charge is 0.465 e. The molecule has 0 N–H and O–H groups in total. The standard InChI is InChI=1S/C12H15BrO3/c1-3-4-16-8-9-5-10(12(14)15-2)7-11(13)6-9/h5-7H,3-4,8H2,1-2H3. The molecule has 1 aromatic carbocycles. The van der Waals surface area contributed by atoms with Crippen molar-refractivity contribution in [2.75, 3.05) is 13.7 Å². The average Bonchev–Trinajstić information content (AvgIpc) is 2.27. The molecule has 16 heavy (non-hydrogen) atoms. The van der Waals surface area contributed by atoms with Crippen LogP contribution in [0.3, 0.4) is 0 Å². The Morgan fingerprint density at radius 2 is 2.12 bits per heavy atom. The molecule has 88 valence electrons. The third-order valence-electron chi connectivity index (χ3n) is 2.00. The van der Waals surface area contributed by atoms with Gasteiger partial charge in [0.05, 0.1) is 19.3 Å². The zero-order valence-corrected chi connectivity index (χ0v) is 11.0. The number of methoxy groups -OCH3 is 1. The van der Waals surface area contributed by atoms with E-state index in [-0.39, 0.29) is 5.97 Å². The lowest BCUT2D eigenvalue weighted by atomic mass is 10.1. The lowest BCUT2D eigenvalue weighted by molar-refractivity contribution is 0.0600. The van der Waals surface area contributed by atoms with Gasteiger partial charge in [0.1, 0.15) is 0 Å². The Kier molecular flexibility index (Phi) is 5.49. The first-order valence-corrected chi connectivity index (χ1v) is 5.92. The lowest BCUT2D eigenvalue weighted by Crippen LogP contribution is -2.03. The van der Waals surface area contributed by atoms with Crippen LogP contribution in [0.25, 0.3) is 0 Å². The number of carbonyl (C=O) groups excluding carboxylic acids is 1. The van der Waals surface area contributed by atoms with Gasteiger partial charge in [-0.2, -0.15) is 0 Å². The van der Waals surface area contributed by atoms with Gasteiger partial charge in [0.2, 0.25) is 0 Å². The molecule has 0 atom stereocenters. The number of hydrogen-bond donors (Lipinski definition) is 0. The minimum atomic E-state index is -0.335. The van der Waals surface area contributed by atoms with Crippen molar-refractivity contribution in [3.63, 3.8) is 0 Å². The van der Waals surface area contributed by atoms with Crippen molar-refractivity contribution < 1.29 is 14.3 Å². The average molecular weight is 287 g/mol. The summed E-state index contributed by atoms with van der Waals surface area (Å²) in [7, 11) is 1.37. The third kappa shape index (κ3) is 3.94. The summed E-state index contributed by atoms with van der Waals surface area (Å²) in [6, 6.07) is 5.45. The molecule has 3 nitrogen and oxygen atoms in total. The predicted molar refractivity (Wildman–Crippen MR) is 65.4 cm³/mol. The highest BCUT2D eigenvalue weighted by molar-refractivity contribution is 9.10. The Hall–Kier alpha value is -0.870. The quantitative estimate of drug-likeness (QED) is 0.616. The maximum Gasteiger partial charge on any atom is 0.337 e. The molecule has 0 unspecified atom stereocenters. The van der Waals surface area contributed by atoms with Gasteiger partial charge in [0.15, 0.2) is 0 Å². The molecule has 1 rings (SSSR count). The Morgan fingerprint density at radius 3 is 2.75 bits per heavy atom. The van der Waals surface area contributed by atoms with E-state index >= 15 is 0 Å². The van der Waals surface area contributed by atoms with Crippen molar-refractivity contribution in [1.82, 2.24) is 0 Å². The highest BCUT2D eigenvalue weighted by Gasteiger charge is 2.07. The van der Waals surface area contributed by atoms with Gasteiger partial charge in [0, 0.05) is 11.1 Å². The van der Waals surface area contributed by atoms with Gasteiger partial charge in [-0.25, -0.2) is 4.79 Å². The van der Waals surface area contributed by atoms with Gasteiger partial charge >= 0.3 is 5.97 Å². The summed E-state index contributed by atoms with van der Waals surface area (Å²) in [5.41, 5.74) is 1.50. The molecule has 0 aliphatic carbocycles. The van der Waals surface area contributed by atoms with Gasteiger partial charge in [-0.05, 0) is 30.2 Å². The molecule has 0 radical (unpaired) electrons. The molecule has 4 heteroatoms. The number of esters is 1. The number of ether oxygens (including phenoxy) is 2. The molecular weight excluding hydrogens is 272 g/mol. The van der Waals surface area contributed by atoms with Crippen LogP contribution < -0.4 is 0 Å². The zero-order chi connectivity index (χ0) is 12.0. The van der Waals surface area contributed by atoms with Crippen LogP contribution in [0.2, 0.25) is 0 Å². The van der Waals surface area contributed by atoms with Gasteiger partial charge in [-0.15, -0.1) is 0 Å². The SMILES string of the molecule is CCCOCc1cc(Br)cc(C(=O)OC)c1. The van der Waals surface area contributed by atoms with Crippen molar-refractivity contribution in [2.24, 2.45) is 0 Å². The first-order valence-electron chi connectivity index (χ1n) is 5.13. The number of carbonyl (C=O) groups is 1. The predicted octanol–water partition coefficient (Wildman–Crippen LogP) is 3.16. The van der Waals surface area contributed by atoms with Crippen LogP contribution in [-0.2, 0) is 16.1 Å². The zero-order valence-electron chi connectivity index (χ0n) is 9.46. The molecule has 1 aromatic rings. The fourth-order valence-corrected chi connectivity index (χ4v) is 1.84. The number of hydrogen-bond acceptors (Lipinski definition) is 3. The topological polar surface area (TPSA) is 35.5 Å². The summed E-state index contributed by atoms with van der Waals surface area (Å²) in [4.78, 5) is 11.4. The van der Waals surface area contributed by atoms with E-state index in [0.29, 0.717) is 12.2 Å². The summed E-state index contributed by atoms with van der Waals surface area (Å²) in [5, 5.41) is 0. The normalized spacial score (nSPS) is 10.2. The highest BCUT2D eigenvalue weighted by atomic mass is 79.9. The minimum absolute atomic E-state index is 0.335. The Bertz CT molecular complexity index is 363. The second-order valence-corrected chi connectivity index (χ2v) is 4.31. The number of benzene rings is 1. The van der Waals surface area contributed by atoms with Crippen LogP contribution in [0, 0.1) is 0 Å². The minimum Gasteiger partial charge on any atom is -0.465 e. The van der Waals surface area contributed by atoms with Crippen molar-refractivity contribution in [3.05, 3.63) is 33.8 Å². The summed E-state index contributed by atoms with van der Waals surface area (Å²) >= 11 is 3.36. The maximum absolute atomic E-state index is 11.4. The molecule has 0 spiro atoms. The van der Waals surface area contributed by atoms with Crippen molar-refractivity contribution in [1.29, 1.82) is 0 Å². The summed E-state index contributed by atoms with van der Waals surface area (Å²) in [5.74, 6) is -0.335. The van der Waals surface area contributed by atoms with E-state index < -0.39 is 0 Å². The molecule has 0 saturated heterocycles. The van der Waals surface area contributed by atoms with E-state index in [1.807, 2.05) is 6.07 Å². The van der Waals surface area contributed by atoms with Crippen molar-refractivity contribution >= 4 is 21.9 Å². The molecule has 0 saturated carbocycles. The van der Waals surface area contributed by atoms with E-state index in [2.05, 4.69) is 27.6 Å². The number of halogens is 1. The van der Waals surface area contributed by atoms with Gasteiger partial charge in [0.25, 0.3) is 0 Å². The second kappa shape index (κ2) is 6.66. The Balaban J connectivity index is 2.77. The number of rotatable bonds is 5. The summed E-state index contributed by atoms with van der Waals surface area (Å²) in [6.07, 6.45) is 0.984. The van der Waals surface area contributed by atoms with E-state index in [4.69, 9.17) is 4.74 Å². The van der Waals surface area contributed by atoms with Crippen LogP contribution in [0.4, 0.5) is 0 Å². The van der Waals surface area contributed by atoms with E-state index in [1.54, 1.807) is 12.1 Å². The van der Waals surface area contributed by atoms with Crippen LogP contribution in [0.1, 0.15) is 29.3 Å². The molecule has 0 amide bonds. The first-order chi connectivity index (χ1) is 7.67. The molecule has 0 aliphatic heterocycles. The fourth-order valence-electron chi connectivity index (χ4n) is 1.30. The molecule has 0 bridgehead atoms. The van der Waals surface area contributed by atoms with Crippen molar-refractivity contribution in [3.8, 4) is 0 Å². The Labute approximate surface area is 104 Å². The molecule has 0 heterocycles. The van der Waals surface area contributed by atoms with Crippen LogP contribution >= 0.6 is 15.9 Å². The molecular formula is C12H15BrO3. The van der Waals surface area contributed by atoms with E-state index in [1.165, 1.54) is 7.11 Å². The third-order valence-corrected chi connectivity index (χ3v) is 2.45. The molecule has 0 aromatic heterocycles. The van der Waals surface area contributed by atoms with E-state index in [9.17, 15) is 4.79 Å². The monoisotopic (exact) mass is 286 g/mol. The maximum atomic E-state index is 11.4. The van der Waals surface area contributed by atoms with E-state index in [0.717, 1.165) is 23.1 Å². The Morgan fingerprint density at radius 1 is 1.38 bits per heavy atom. The van der Waals surface area contributed by atoms with Crippen molar-refractivity contribution in [2.45, 2.75) is 20.0 Å². The van der Waals surface area contributed by atoms with Crippen LogP contribution in [0.15, 0.2) is 22.7 Å². The van der Waals surface area contributed by atoms with Gasteiger partial charge < -0.3 is 9.47 Å².